The van der Waals surface area contributed by atoms with Crippen LogP contribution in [0.3, 0.4) is 0 Å². The highest BCUT2D eigenvalue weighted by atomic mass is 127. The van der Waals surface area contributed by atoms with E-state index in [1.807, 2.05) is 19.9 Å². The fraction of sp³-hybridized carbons (Fsp3) is 0.462. The monoisotopic (exact) mass is 381 g/mol. The van der Waals surface area contributed by atoms with E-state index in [4.69, 9.17) is 16.3 Å². The summed E-state index contributed by atoms with van der Waals surface area (Å²) in [4.78, 5) is 13.7. The predicted molar refractivity (Wildman–Crippen MR) is 82.2 cm³/mol. The van der Waals surface area contributed by atoms with Crippen LogP contribution < -0.4 is 0 Å². The van der Waals surface area contributed by atoms with Gasteiger partial charge in [-0.2, -0.15) is 0 Å². The van der Waals surface area contributed by atoms with E-state index in [9.17, 15) is 4.79 Å². The lowest BCUT2D eigenvalue weighted by molar-refractivity contribution is 0.0532. The molecule has 1 rings (SSSR count). The average Bonchev–Trinajstić information content (AvgIpc) is 2.31. The molecule has 0 radical (unpaired) electrons. The quantitative estimate of drug-likeness (QED) is 0.731. The Morgan fingerprint density at radius 2 is 2.17 bits per heavy atom. The first kappa shape index (κ1) is 15.7. The summed E-state index contributed by atoms with van der Waals surface area (Å²) in [5.74, 6) is -0.0411. The van der Waals surface area contributed by atoms with Crippen LogP contribution in [0.15, 0.2) is 18.2 Å². The molecular weight excluding hydrogens is 365 g/mol. The normalized spacial score (nSPS) is 10.8. The van der Waals surface area contributed by atoms with Crippen LogP contribution in [-0.2, 0) is 4.74 Å². The maximum Gasteiger partial charge on any atom is 0.253 e. The third-order valence-corrected chi connectivity index (χ3v) is 3.96. The standard InChI is InChI=1S/C13H17ClINO2/c1-9(2)18-7-6-16(3)13(17)10-4-5-12(15)11(14)8-10/h4-5,8-9H,6-7H2,1-3H3. The second kappa shape index (κ2) is 7.31. The van der Waals surface area contributed by atoms with Gasteiger partial charge in [-0.05, 0) is 54.6 Å². The second-order valence-electron chi connectivity index (χ2n) is 4.28. The number of hydrogen-bond acceptors (Lipinski definition) is 2. The molecule has 1 aromatic rings. The first-order valence-corrected chi connectivity index (χ1v) is 7.19. The summed E-state index contributed by atoms with van der Waals surface area (Å²) < 4.78 is 6.36. The zero-order valence-corrected chi connectivity index (χ0v) is 13.7. The molecule has 0 bridgehead atoms. The van der Waals surface area contributed by atoms with Crippen molar-refractivity contribution in [2.45, 2.75) is 20.0 Å². The molecule has 100 valence electrons. The summed E-state index contributed by atoms with van der Waals surface area (Å²) in [6.45, 7) is 5.06. The number of carbonyl (C=O) groups excluding carboxylic acids is 1. The summed E-state index contributed by atoms with van der Waals surface area (Å²) in [7, 11) is 1.76. The minimum Gasteiger partial charge on any atom is -0.377 e. The molecule has 0 atom stereocenters. The molecule has 0 N–H and O–H groups in total. The van der Waals surface area contributed by atoms with Gasteiger partial charge in [0, 0.05) is 22.7 Å². The van der Waals surface area contributed by atoms with Gasteiger partial charge in [-0.15, -0.1) is 0 Å². The lowest BCUT2D eigenvalue weighted by Gasteiger charge is -2.18. The van der Waals surface area contributed by atoms with E-state index in [2.05, 4.69) is 22.6 Å². The van der Waals surface area contributed by atoms with E-state index >= 15 is 0 Å². The number of ether oxygens (including phenoxy) is 1. The van der Waals surface area contributed by atoms with Crippen LogP contribution in [0.1, 0.15) is 24.2 Å². The number of likely N-dealkylation sites (N-methyl/N-ethyl adjacent to an activating group) is 1. The van der Waals surface area contributed by atoms with Crippen LogP contribution in [0.4, 0.5) is 0 Å². The minimum absolute atomic E-state index is 0.0411. The maximum atomic E-state index is 12.1. The van der Waals surface area contributed by atoms with Crippen molar-refractivity contribution in [2.24, 2.45) is 0 Å². The number of nitrogens with zero attached hydrogens (tertiary/aromatic N) is 1. The first-order valence-electron chi connectivity index (χ1n) is 5.74. The van der Waals surface area contributed by atoms with Gasteiger partial charge in [0.25, 0.3) is 5.91 Å². The van der Waals surface area contributed by atoms with Gasteiger partial charge >= 0.3 is 0 Å². The lowest BCUT2D eigenvalue weighted by atomic mass is 10.2. The van der Waals surface area contributed by atoms with Crippen LogP contribution in [0.5, 0.6) is 0 Å². The third kappa shape index (κ3) is 4.74. The van der Waals surface area contributed by atoms with E-state index in [0.717, 1.165) is 3.57 Å². The van der Waals surface area contributed by atoms with Crippen molar-refractivity contribution in [1.29, 1.82) is 0 Å². The molecule has 0 aliphatic carbocycles. The van der Waals surface area contributed by atoms with Crippen molar-refractivity contribution < 1.29 is 9.53 Å². The Hall–Kier alpha value is -0.330. The van der Waals surface area contributed by atoms with Crippen molar-refractivity contribution in [1.82, 2.24) is 4.90 Å². The molecule has 5 heteroatoms. The number of rotatable bonds is 5. The summed E-state index contributed by atoms with van der Waals surface area (Å²) in [5.41, 5.74) is 0.604. The van der Waals surface area contributed by atoms with Crippen molar-refractivity contribution in [3.8, 4) is 0 Å². The molecule has 0 saturated heterocycles. The third-order valence-electron chi connectivity index (χ3n) is 2.39. The number of halogens is 2. The number of benzene rings is 1. The number of amides is 1. The van der Waals surface area contributed by atoms with E-state index in [0.29, 0.717) is 23.7 Å². The molecule has 0 spiro atoms. The SMILES string of the molecule is CC(C)OCCN(C)C(=O)c1ccc(I)c(Cl)c1. The molecule has 3 nitrogen and oxygen atoms in total. The highest BCUT2D eigenvalue weighted by Crippen LogP contribution is 2.20. The second-order valence-corrected chi connectivity index (χ2v) is 5.84. The van der Waals surface area contributed by atoms with E-state index in [1.165, 1.54) is 0 Å². The van der Waals surface area contributed by atoms with Gasteiger partial charge in [-0.25, -0.2) is 0 Å². The van der Waals surface area contributed by atoms with E-state index < -0.39 is 0 Å². The molecule has 0 fully saturated rings. The molecule has 0 heterocycles. The maximum absolute atomic E-state index is 12.1. The first-order chi connectivity index (χ1) is 8.41. The zero-order valence-electron chi connectivity index (χ0n) is 10.7. The van der Waals surface area contributed by atoms with Crippen molar-refractivity contribution >= 4 is 40.1 Å². The fourth-order valence-electron chi connectivity index (χ4n) is 1.38. The van der Waals surface area contributed by atoms with Gasteiger partial charge in [-0.3, -0.25) is 4.79 Å². The Bertz CT molecular complexity index is 423. The Kier molecular flexibility index (Phi) is 6.38. The Balaban J connectivity index is 2.60. The highest BCUT2D eigenvalue weighted by Gasteiger charge is 2.12. The van der Waals surface area contributed by atoms with Crippen molar-refractivity contribution in [3.05, 3.63) is 32.4 Å². The molecule has 0 unspecified atom stereocenters. The van der Waals surface area contributed by atoms with Gasteiger partial charge in [0.05, 0.1) is 17.7 Å². The topological polar surface area (TPSA) is 29.5 Å². The number of hydrogen-bond donors (Lipinski definition) is 0. The van der Waals surface area contributed by atoms with Crippen molar-refractivity contribution in [3.63, 3.8) is 0 Å². The zero-order chi connectivity index (χ0) is 13.7. The average molecular weight is 382 g/mol. The van der Waals surface area contributed by atoms with E-state index in [-0.39, 0.29) is 12.0 Å². The molecular formula is C13H17ClINO2. The predicted octanol–water partition coefficient (Wildman–Crippen LogP) is 3.44. The van der Waals surface area contributed by atoms with Crippen LogP contribution in [0.25, 0.3) is 0 Å². The minimum atomic E-state index is -0.0411. The lowest BCUT2D eigenvalue weighted by Crippen LogP contribution is -2.30. The Morgan fingerprint density at radius 3 is 2.72 bits per heavy atom. The van der Waals surface area contributed by atoms with Crippen molar-refractivity contribution in [2.75, 3.05) is 20.2 Å². The Labute approximate surface area is 127 Å². The molecule has 0 aliphatic rings. The summed E-state index contributed by atoms with van der Waals surface area (Å²) in [6.07, 6.45) is 0.182. The molecule has 0 saturated carbocycles. The summed E-state index contributed by atoms with van der Waals surface area (Å²) in [6, 6.07) is 5.33. The van der Waals surface area contributed by atoms with Crippen LogP contribution >= 0.6 is 34.2 Å². The van der Waals surface area contributed by atoms with E-state index in [1.54, 1.807) is 24.1 Å². The largest absolute Gasteiger partial charge is 0.377 e. The van der Waals surface area contributed by atoms with Crippen LogP contribution in [-0.4, -0.2) is 37.1 Å². The summed E-state index contributed by atoms with van der Waals surface area (Å²) in [5, 5.41) is 0.605. The smallest absolute Gasteiger partial charge is 0.253 e. The molecule has 18 heavy (non-hydrogen) atoms. The van der Waals surface area contributed by atoms with Gasteiger partial charge in [0.2, 0.25) is 0 Å². The molecule has 0 aromatic heterocycles. The fourth-order valence-corrected chi connectivity index (χ4v) is 1.89. The molecule has 1 aromatic carbocycles. The molecule has 0 aliphatic heterocycles. The van der Waals surface area contributed by atoms with Gasteiger partial charge in [-0.1, -0.05) is 11.6 Å². The molecule has 1 amide bonds. The summed E-state index contributed by atoms with van der Waals surface area (Å²) >= 11 is 8.14. The van der Waals surface area contributed by atoms with Crippen LogP contribution in [0.2, 0.25) is 5.02 Å². The number of carbonyl (C=O) groups is 1. The van der Waals surface area contributed by atoms with Gasteiger partial charge in [0.15, 0.2) is 0 Å². The van der Waals surface area contributed by atoms with Gasteiger partial charge in [0.1, 0.15) is 0 Å². The Morgan fingerprint density at radius 1 is 1.50 bits per heavy atom. The van der Waals surface area contributed by atoms with Gasteiger partial charge < -0.3 is 9.64 Å². The highest BCUT2D eigenvalue weighted by molar-refractivity contribution is 14.1. The van der Waals surface area contributed by atoms with Crippen LogP contribution in [0, 0.1) is 3.57 Å².